The van der Waals surface area contributed by atoms with Gasteiger partial charge in [-0.3, -0.25) is 14.4 Å². The van der Waals surface area contributed by atoms with Gasteiger partial charge in [0.25, 0.3) is 11.5 Å². The van der Waals surface area contributed by atoms with Crippen LogP contribution >= 0.6 is 0 Å². The van der Waals surface area contributed by atoms with Gasteiger partial charge in [-0.05, 0) is 43.0 Å². The highest BCUT2D eigenvalue weighted by molar-refractivity contribution is 6.03. The Kier molecular flexibility index (Phi) is 6.11. The average Bonchev–Trinajstić information content (AvgIpc) is 2.81. The molecule has 8 nitrogen and oxygen atoms in total. The van der Waals surface area contributed by atoms with E-state index in [0.29, 0.717) is 17.4 Å². The number of anilines is 1. The lowest BCUT2D eigenvalue weighted by Gasteiger charge is -2.34. The summed E-state index contributed by atoms with van der Waals surface area (Å²) in [7, 11) is 0. The molecule has 1 amide bonds. The number of para-hydroxylation sites is 2. The lowest BCUT2D eigenvalue weighted by atomic mass is 9.95. The Labute approximate surface area is 184 Å². The second kappa shape index (κ2) is 9.13. The van der Waals surface area contributed by atoms with Crippen LogP contribution in [-0.4, -0.2) is 46.3 Å². The molecular formula is C24H25N3O5. The molecule has 3 N–H and O–H groups in total. The van der Waals surface area contributed by atoms with E-state index in [9.17, 15) is 19.5 Å². The molecule has 1 saturated heterocycles. The number of benzene rings is 2. The van der Waals surface area contributed by atoms with Gasteiger partial charge >= 0.3 is 5.97 Å². The number of aromatic hydroxyl groups is 1. The summed E-state index contributed by atoms with van der Waals surface area (Å²) in [5.41, 5.74) is 0.687. The van der Waals surface area contributed by atoms with Crippen LogP contribution in [0.4, 0.5) is 5.69 Å². The van der Waals surface area contributed by atoms with Crippen molar-refractivity contribution < 1.29 is 19.8 Å². The van der Waals surface area contributed by atoms with E-state index in [1.54, 1.807) is 24.3 Å². The molecule has 0 saturated carbocycles. The summed E-state index contributed by atoms with van der Waals surface area (Å²) in [5.74, 6) is -2.32. The molecule has 1 aromatic heterocycles. The van der Waals surface area contributed by atoms with Crippen LogP contribution in [0.25, 0.3) is 10.9 Å². The number of piperidine rings is 1. The Bertz CT molecular complexity index is 1200. The number of hydrogen-bond donors (Lipinski definition) is 3. The number of nitrogens with zero attached hydrogens (tertiary/aromatic N) is 2. The van der Waals surface area contributed by atoms with Crippen molar-refractivity contribution in [2.75, 3.05) is 24.5 Å². The Hall–Kier alpha value is -3.81. The van der Waals surface area contributed by atoms with Crippen molar-refractivity contribution in [1.29, 1.82) is 0 Å². The van der Waals surface area contributed by atoms with Gasteiger partial charge in [-0.2, -0.15) is 0 Å². The zero-order valence-corrected chi connectivity index (χ0v) is 17.5. The van der Waals surface area contributed by atoms with E-state index in [1.165, 1.54) is 10.3 Å². The van der Waals surface area contributed by atoms with Crippen LogP contribution in [0.1, 0.15) is 23.2 Å². The van der Waals surface area contributed by atoms with Gasteiger partial charge in [-0.25, -0.2) is 0 Å². The van der Waals surface area contributed by atoms with Gasteiger partial charge in [0, 0.05) is 30.7 Å². The highest BCUT2D eigenvalue weighted by Crippen LogP contribution is 2.29. The monoisotopic (exact) mass is 435 g/mol. The van der Waals surface area contributed by atoms with E-state index in [2.05, 4.69) is 22.3 Å². The van der Waals surface area contributed by atoms with Crippen molar-refractivity contribution in [3.63, 3.8) is 0 Å². The molecule has 0 aliphatic carbocycles. The molecule has 1 fully saturated rings. The van der Waals surface area contributed by atoms with Crippen molar-refractivity contribution in [2.45, 2.75) is 19.4 Å². The summed E-state index contributed by atoms with van der Waals surface area (Å²) in [4.78, 5) is 38.9. The molecule has 0 unspecified atom stereocenters. The third kappa shape index (κ3) is 4.30. The minimum Gasteiger partial charge on any atom is -0.506 e. The summed E-state index contributed by atoms with van der Waals surface area (Å²) in [5, 5.41) is 22.0. The molecule has 166 valence electrons. The maximum absolute atomic E-state index is 13.2. The number of carboxylic acids is 1. The van der Waals surface area contributed by atoms with E-state index in [-0.39, 0.29) is 5.92 Å². The zero-order valence-electron chi connectivity index (χ0n) is 17.5. The normalized spacial score (nSPS) is 14.4. The van der Waals surface area contributed by atoms with E-state index < -0.39 is 35.3 Å². The first-order valence-electron chi connectivity index (χ1n) is 10.6. The minimum atomic E-state index is -1.23. The molecule has 0 bridgehead atoms. The molecule has 32 heavy (non-hydrogen) atoms. The van der Waals surface area contributed by atoms with Crippen LogP contribution in [0.3, 0.4) is 0 Å². The van der Waals surface area contributed by atoms with Crippen molar-refractivity contribution in [3.8, 4) is 5.75 Å². The minimum absolute atomic E-state index is 0.232. The first kappa shape index (κ1) is 21.4. The fourth-order valence-corrected chi connectivity index (χ4v) is 4.29. The number of nitrogens with one attached hydrogen (secondary N) is 1. The van der Waals surface area contributed by atoms with Crippen molar-refractivity contribution in [2.24, 2.45) is 5.92 Å². The lowest BCUT2D eigenvalue weighted by molar-refractivity contribution is -0.135. The Morgan fingerprint density at radius 3 is 2.34 bits per heavy atom. The number of carbonyl (C=O) groups is 2. The molecule has 2 aromatic carbocycles. The maximum atomic E-state index is 13.2. The molecule has 3 aromatic rings. The highest BCUT2D eigenvalue weighted by atomic mass is 16.4. The number of fused-ring (bicyclic) bond motifs is 1. The van der Waals surface area contributed by atoms with Crippen molar-refractivity contribution in [1.82, 2.24) is 9.88 Å². The second-order valence-corrected chi connectivity index (χ2v) is 8.00. The Morgan fingerprint density at radius 1 is 1.00 bits per heavy atom. The van der Waals surface area contributed by atoms with Crippen LogP contribution < -0.4 is 15.8 Å². The molecule has 0 spiro atoms. The van der Waals surface area contributed by atoms with Crippen molar-refractivity contribution in [3.05, 3.63) is 70.5 Å². The summed E-state index contributed by atoms with van der Waals surface area (Å²) >= 11 is 0. The molecule has 0 radical (unpaired) electrons. The number of carbonyl (C=O) groups excluding carboxylic acids is 1. The number of hydrogen-bond acceptors (Lipinski definition) is 5. The van der Waals surface area contributed by atoms with Gasteiger partial charge in [0.2, 0.25) is 0 Å². The predicted molar refractivity (Wildman–Crippen MR) is 121 cm³/mol. The number of amides is 1. The maximum Gasteiger partial charge on any atom is 0.322 e. The third-order valence-electron chi connectivity index (χ3n) is 5.95. The number of rotatable bonds is 6. The smallest absolute Gasteiger partial charge is 0.322 e. The largest absolute Gasteiger partial charge is 0.506 e. The molecule has 0 atom stereocenters. The molecular weight excluding hydrogens is 410 g/mol. The summed E-state index contributed by atoms with van der Waals surface area (Å²) in [6.07, 6.45) is 1.77. The average molecular weight is 435 g/mol. The molecule has 8 heteroatoms. The van der Waals surface area contributed by atoms with Crippen LogP contribution in [-0.2, 0) is 11.3 Å². The second-order valence-electron chi connectivity index (χ2n) is 8.00. The van der Waals surface area contributed by atoms with Gasteiger partial charge in [0.05, 0.1) is 5.52 Å². The van der Waals surface area contributed by atoms with Crippen LogP contribution in [0.2, 0.25) is 0 Å². The summed E-state index contributed by atoms with van der Waals surface area (Å²) in [6, 6.07) is 17.1. The zero-order chi connectivity index (χ0) is 22.7. The van der Waals surface area contributed by atoms with Gasteiger partial charge in [-0.15, -0.1) is 0 Å². The van der Waals surface area contributed by atoms with E-state index in [4.69, 9.17) is 5.11 Å². The first-order chi connectivity index (χ1) is 15.5. The van der Waals surface area contributed by atoms with Crippen LogP contribution in [0, 0.1) is 5.92 Å². The van der Waals surface area contributed by atoms with Gasteiger partial charge in [0.1, 0.15) is 17.9 Å². The fourth-order valence-electron chi connectivity index (χ4n) is 4.29. The number of carboxylic acid groups (broad SMARTS) is 1. The number of pyridine rings is 1. The van der Waals surface area contributed by atoms with Gasteiger partial charge in [-0.1, -0.05) is 30.3 Å². The quantitative estimate of drug-likeness (QED) is 0.548. The summed E-state index contributed by atoms with van der Waals surface area (Å²) in [6.45, 7) is 1.51. The lowest BCUT2D eigenvalue weighted by Crippen LogP contribution is -2.39. The fraction of sp³-hybridized carbons (Fsp3) is 0.292. The van der Waals surface area contributed by atoms with E-state index >= 15 is 0 Å². The Morgan fingerprint density at radius 2 is 1.66 bits per heavy atom. The molecule has 1 aliphatic rings. The predicted octanol–water partition coefficient (Wildman–Crippen LogP) is 2.44. The van der Waals surface area contributed by atoms with Gasteiger partial charge < -0.3 is 25.0 Å². The SMILES string of the molecule is O=C(O)CNC(=O)c1c(O)c2ccccc2n(CC2CCN(c3ccccc3)CC2)c1=O. The standard InChI is InChI=1S/C24H25N3O5/c28-20(29)14-25-23(31)21-22(30)18-8-4-5-9-19(18)27(24(21)32)15-16-10-12-26(13-11-16)17-6-2-1-3-7-17/h1-9,16,30H,10-15H2,(H,25,31)(H,28,29). The first-order valence-corrected chi connectivity index (χ1v) is 10.6. The number of aliphatic carboxylic acids is 1. The third-order valence-corrected chi connectivity index (χ3v) is 5.95. The van der Waals surface area contributed by atoms with Crippen LogP contribution in [0.15, 0.2) is 59.4 Å². The summed E-state index contributed by atoms with van der Waals surface area (Å²) < 4.78 is 1.54. The Balaban J connectivity index is 1.62. The molecule has 2 heterocycles. The van der Waals surface area contributed by atoms with Gasteiger partial charge in [0.15, 0.2) is 0 Å². The van der Waals surface area contributed by atoms with Crippen LogP contribution in [0.5, 0.6) is 5.75 Å². The van der Waals surface area contributed by atoms with E-state index in [1.807, 2.05) is 18.2 Å². The highest BCUT2D eigenvalue weighted by Gasteiger charge is 2.25. The number of aromatic nitrogens is 1. The van der Waals surface area contributed by atoms with Crippen molar-refractivity contribution >= 4 is 28.5 Å². The molecule has 1 aliphatic heterocycles. The topological polar surface area (TPSA) is 112 Å². The van der Waals surface area contributed by atoms with E-state index in [0.717, 1.165) is 25.9 Å². The molecule has 4 rings (SSSR count).